The van der Waals surface area contributed by atoms with Gasteiger partial charge in [-0.05, 0) is 30.9 Å². The SMILES string of the molecule is CC(C)[C@@](O)(CN1CCC[C@H](NS(C)(=O)=O)C1)c1ccccc1. The third-order valence-electron chi connectivity index (χ3n) is 4.58. The van der Waals surface area contributed by atoms with E-state index >= 15 is 0 Å². The number of sulfonamides is 1. The molecule has 0 aliphatic carbocycles. The van der Waals surface area contributed by atoms with Crippen LogP contribution in [0.15, 0.2) is 30.3 Å². The molecule has 6 heteroatoms. The highest BCUT2D eigenvalue weighted by atomic mass is 32.2. The molecule has 0 saturated carbocycles. The summed E-state index contributed by atoms with van der Waals surface area (Å²) >= 11 is 0. The summed E-state index contributed by atoms with van der Waals surface area (Å²) in [5.41, 5.74) is -0.0259. The van der Waals surface area contributed by atoms with Crippen LogP contribution in [-0.4, -0.2) is 50.4 Å². The van der Waals surface area contributed by atoms with Gasteiger partial charge in [0.15, 0.2) is 0 Å². The summed E-state index contributed by atoms with van der Waals surface area (Å²) < 4.78 is 25.6. The number of nitrogens with one attached hydrogen (secondary N) is 1. The first kappa shape index (κ1) is 18.4. The second-order valence-corrected chi connectivity index (χ2v) is 8.69. The summed E-state index contributed by atoms with van der Waals surface area (Å²) in [6.07, 6.45) is 2.96. The average molecular weight is 340 g/mol. The monoisotopic (exact) mass is 340 g/mol. The number of rotatable bonds is 6. The fraction of sp³-hybridized carbons (Fsp3) is 0.647. The molecule has 0 aromatic heterocycles. The second-order valence-electron chi connectivity index (χ2n) is 6.91. The van der Waals surface area contributed by atoms with Crippen molar-refractivity contribution in [2.75, 3.05) is 25.9 Å². The molecule has 1 aromatic rings. The number of likely N-dealkylation sites (tertiary alicyclic amines) is 1. The molecule has 2 rings (SSSR count). The predicted molar refractivity (Wildman–Crippen MR) is 92.6 cm³/mol. The van der Waals surface area contributed by atoms with Crippen molar-refractivity contribution >= 4 is 10.0 Å². The molecule has 1 aromatic carbocycles. The standard InChI is InChI=1S/C17H28N2O3S/c1-14(2)17(20,15-8-5-4-6-9-15)13-19-11-7-10-16(12-19)18-23(3,21)22/h4-6,8-9,14,16,18,20H,7,10-13H2,1-3H3/t16-,17-/m0/s1. The molecule has 0 spiro atoms. The largest absolute Gasteiger partial charge is 0.384 e. The molecule has 23 heavy (non-hydrogen) atoms. The van der Waals surface area contributed by atoms with E-state index in [0.29, 0.717) is 13.1 Å². The van der Waals surface area contributed by atoms with E-state index in [1.165, 1.54) is 6.26 Å². The van der Waals surface area contributed by atoms with Gasteiger partial charge in [0.2, 0.25) is 10.0 Å². The second kappa shape index (κ2) is 7.30. The third kappa shape index (κ3) is 5.01. The van der Waals surface area contributed by atoms with Crippen molar-refractivity contribution in [3.63, 3.8) is 0 Å². The maximum absolute atomic E-state index is 11.4. The minimum atomic E-state index is -3.20. The van der Waals surface area contributed by atoms with Crippen molar-refractivity contribution in [3.8, 4) is 0 Å². The van der Waals surface area contributed by atoms with Crippen LogP contribution in [0.1, 0.15) is 32.3 Å². The fourth-order valence-electron chi connectivity index (χ4n) is 3.27. The lowest BCUT2D eigenvalue weighted by molar-refractivity contribution is -0.0455. The Hall–Kier alpha value is -0.950. The Kier molecular flexibility index (Phi) is 5.84. The number of β-amino-alcohol motifs (C(OH)–C–C–N with tert-alkyl or cyclic N) is 1. The molecule has 1 heterocycles. The summed E-state index contributed by atoms with van der Waals surface area (Å²) in [5, 5.41) is 11.3. The average Bonchev–Trinajstić information content (AvgIpc) is 2.46. The molecule has 0 radical (unpaired) electrons. The van der Waals surface area contributed by atoms with Gasteiger partial charge in [-0.1, -0.05) is 44.2 Å². The van der Waals surface area contributed by atoms with E-state index in [9.17, 15) is 13.5 Å². The van der Waals surface area contributed by atoms with Gasteiger partial charge in [-0.3, -0.25) is 4.90 Å². The van der Waals surface area contributed by atoms with Crippen molar-refractivity contribution in [1.82, 2.24) is 9.62 Å². The smallest absolute Gasteiger partial charge is 0.208 e. The third-order valence-corrected chi connectivity index (χ3v) is 5.34. The highest BCUT2D eigenvalue weighted by Gasteiger charge is 2.36. The Morgan fingerprint density at radius 3 is 2.57 bits per heavy atom. The molecule has 1 aliphatic heterocycles. The quantitative estimate of drug-likeness (QED) is 0.824. The molecule has 0 unspecified atom stereocenters. The van der Waals surface area contributed by atoms with Gasteiger partial charge in [-0.15, -0.1) is 0 Å². The van der Waals surface area contributed by atoms with Gasteiger partial charge < -0.3 is 5.11 Å². The zero-order valence-electron chi connectivity index (χ0n) is 14.2. The van der Waals surface area contributed by atoms with Crippen LogP contribution in [0.5, 0.6) is 0 Å². The van der Waals surface area contributed by atoms with Crippen LogP contribution in [0.3, 0.4) is 0 Å². The number of piperidine rings is 1. The Morgan fingerprint density at radius 1 is 1.35 bits per heavy atom. The Bertz CT molecular complexity index is 604. The molecule has 130 valence electrons. The van der Waals surface area contributed by atoms with Crippen molar-refractivity contribution in [3.05, 3.63) is 35.9 Å². The van der Waals surface area contributed by atoms with E-state index in [4.69, 9.17) is 0 Å². The molecular formula is C17H28N2O3S. The van der Waals surface area contributed by atoms with E-state index in [-0.39, 0.29) is 12.0 Å². The van der Waals surface area contributed by atoms with Crippen LogP contribution in [0.4, 0.5) is 0 Å². The van der Waals surface area contributed by atoms with Gasteiger partial charge in [0.25, 0.3) is 0 Å². The van der Waals surface area contributed by atoms with Crippen LogP contribution in [0, 0.1) is 5.92 Å². The number of hydrogen-bond donors (Lipinski definition) is 2. The number of hydrogen-bond acceptors (Lipinski definition) is 4. The first-order valence-corrected chi connectivity index (χ1v) is 10.1. The lowest BCUT2D eigenvalue weighted by atomic mass is 9.82. The molecular weight excluding hydrogens is 312 g/mol. The van der Waals surface area contributed by atoms with Crippen LogP contribution < -0.4 is 4.72 Å². The first-order chi connectivity index (χ1) is 10.7. The van der Waals surface area contributed by atoms with Gasteiger partial charge in [0, 0.05) is 19.1 Å². The van der Waals surface area contributed by atoms with Gasteiger partial charge in [-0.25, -0.2) is 13.1 Å². The first-order valence-electron chi connectivity index (χ1n) is 8.18. The molecule has 5 nitrogen and oxygen atoms in total. The van der Waals surface area contributed by atoms with Gasteiger partial charge in [0.1, 0.15) is 5.60 Å². The Morgan fingerprint density at radius 2 is 2.00 bits per heavy atom. The zero-order valence-corrected chi connectivity index (χ0v) is 15.0. The van der Waals surface area contributed by atoms with Crippen molar-refractivity contribution in [2.24, 2.45) is 5.92 Å². The maximum Gasteiger partial charge on any atom is 0.208 e. The molecule has 1 aliphatic rings. The van der Waals surface area contributed by atoms with Crippen LogP contribution in [-0.2, 0) is 15.6 Å². The van der Waals surface area contributed by atoms with E-state index < -0.39 is 15.6 Å². The Labute approximate surface area is 139 Å². The van der Waals surface area contributed by atoms with E-state index in [1.807, 2.05) is 44.2 Å². The summed E-state index contributed by atoms with van der Waals surface area (Å²) in [5.74, 6) is 0.0631. The number of benzene rings is 1. The molecule has 0 amide bonds. The lowest BCUT2D eigenvalue weighted by Gasteiger charge is -2.41. The highest BCUT2D eigenvalue weighted by Crippen LogP contribution is 2.31. The molecule has 2 N–H and O–H groups in total. The summed E-state index contributed by atoms with van der Waals surface area (Å²) in [6.45, 7) is 6.06. The van der Waals surface area contributed by atoms with Crippen LogP contribution in [0.25, 0.3) is 0 Å². The summed E-state index contributed by atoms with van der Waals surface area (Å²) in [7, 11) is -3.20. The molecule has 0 bridgehead atoms. The summed E-state index contributed by atoms with van der Waals surface area (Å²) in [4.78, 5) is 2.17. The lowest BCUT2D eigenvalue weighted by Crippen LogP contribution is -2.52. The summed E-state index contributed by atoms with van der Waals surface area (Å²) in [6, 6.07) is 9.65. The molecule has 1 fully saturated rings. The normalized spacial score (nSPS) is 22.9. The van der Waals surface area contributed by atoms with E-state index in [2.05, 4.69) is 9.62 Å². The molecule has 2 atom stereocenters. The van der Waals surface area contributed by atoms with Gasteiger partial charge in [-0.2, -0.15) is 0 Å². The fourth-order valence-corrected chi connectivity index (χ4v) is 4.07. The molecule has 1 saturated heterocycles. The number of nitrogens with zero attached hydrogens (tertiary/aromatic N) is 1. The highest BCUT2D eigenvalue weighted by molar-refractivity contribution is 7.88. The van der Waals surface area contributed by atoms with Gasteiger partial charge in [0.05, 0.1) is 6.26 Å². The van der Waals surface area contributed by atoms with Crippen molar-refractivity contribution < 1.29 is 13.5 Å². The minimum Gasteiger partial charge on any atom is -0.384 e. The maximum atomic E-state index is 11.4. The topological polar surface area (TPSA) is 69.6 Å². The van der Waals surface area contributed by atoms with Crippen LogP contribution >= 0.6 is 0 Å². The van der Waals surface area contributed by atoms with Gasteiger partial charge >= 0.3 is 0 Å². The van der Waals surface area contributed by atoms with Crippen LogP contribution in [0.2, 0.25) is 0 Å². The number of aliphatic hydroxyl groups is 1. The predicted octanol–water partition coefficient (Wildman–Crippen LogP) is 1.54. The van der Waals surface area contributed by atoms with E-state index in [0.717, 1.165) is 24.9 Å². The van der Waals surface area contributed by atoms with Crippen molar-refractivity contribution in [1.29, 1.82) is 0 Å². The van der Waals surface area contributed by atoms with E-state index in [1.54, 1.807) is 0 Å². The van der Waals surface area contributed by atoms with Crippen molar-refractivity contribution in [2.45, 2.75) is 38.3 Å². The minimum absolute atomic E-state index is 0.0631. The zero-order chi connectivity index (χ0) is 17.1. The Balaban J connectivity index is 2.11.